The Morgan fingerprint density at radius 2 is 1.75 bits per heavy atom. The van der Waals surface area contributed by atoms with E-state index >= 15 is 0 Å². The maximum Gasteiger partial charge on any atom is 0.338 e. The molecular formula is C22H21FN2O6S. The quantitative estimate of drug-likeness (QED) is 0.492. The fourth-order valence-corrected chi connectivity index (χ4v) is 3.70. The number of benzene rings is 2. The standard InChI is InChI=1S/C22H21FN2O6S/c1-25(14-16-4-8-18(23)9-5-16)21(26)15-31-22(27)17-6-10-20(11-7-17)32(28,29)24-13-19-3-2-12-30-19/h2-12,24H,13-15H2,1H3. The highest BCUT2D eigenvalue weighted by Gasteiger charge is 2.17. The summed E-state index contributed by atoms with van der Waals surface area (Å²) in [5.74, 6) is -1.11. The second kappa shape index (κ2) is 10.2. The van der Waals surface area contributed by atoms with Crippen LogP contribution in [-0.4, -0.2) is 38.8 Å². The number of nitrogens with zero attached hydrogens (tertiary/aromatic N) is 1. The number of amides is 1. The Bertz CT molecular complexity index is 1160. The van der Waals surface area contributed by atoms with Crippen LogP contribution in [0.15, 0.2) is 76.2 Å². The van der Waals surface area contributed by atoms with Crippen molar-refractivity contribution in [2.45, 2.75) is 18.0 Å². The Morgan fingerprint density at radius 1 is 1.06 bits per heavy atom. The molecule has 10 heteroatoms. The van der Waals surface area contributed by atoms with Gasteiger partial charge in [0.25, 0.3) is 5.91 Å². The molecule has 3 aromatic rings. The monoisotopic (exact) mass is 460 g/mol. The maximum absolute atomic E-state index is 13.0. The lowest BCUT2D eigenvalue weighted by atomic mass is 10.2. The molecule has 0 atom stereocenters. The molecule has 1 aromatic heterocycles. The second-order valence-electron chi connectivity index (χ2n) is 6.88. The third-order valence-corrected chi connectivity index (χ3v) is 5.92. The molecule has 1 heterocycles. The first-order valence-corrected chi connectivity index (χ1v) is 11.0. The van der Waals surface area contributed by atoms with E-state index in [1.54, 1.807) is 24.3 Å². The van der Waals surface area contributed by atoms with E-state index in [1.165, 1.54) is 54.6 Å². The number of likely N-dealkylation sites (N-methyl/N-ethyl adjacent to an activating group) is 1. The van der Waals surface area contributed by atoms with Crippen molar-refractivity contribution < 1.29 is 31.6 Å². The predicted molar refractivity (Wildman–Crippen MR) is 112 cm³/mol. The number of esters is 1. The fourth-order valence-electron chi connectivity index (χ4n) is 2.71. The topological polar surface area (TPSA) is 106 Å². The molecule has 0 fully saturated rings. The molecule has 1 N–H and O–H groups in total. The molecule has 0 radical (unpaired) electrons. The fraction of sp³-hybridized carbons (Fsp3) is 0.182. The molecule has 3 rings (SSSR count). The molecule has 168 valence electrons. The molecule has 0 aliphatic heterocycles. The highest BCUT2D eigenvalue weighted by Crippen LogP contribution is 2.13. The van der Waals surface area contributed by atoms with Gasteiger partial charge < -0.3 is 14.1 Å². The van der Waals surface area contributed by atoms with Crippen LogP contribution in [0.4, 0.5) is 4.39 Å². The molecule has 0 unspecified atom stereocenters. The first kappa shape index (κ1) is 23.2. The van der Waals surface area contributed by atoms with Crippen molar-refractivity contribution in [2.24, 2.45) is 0 Å². The Morgan fingerprint density at radius 3 is 2.38 bits per heavy atom. The van der Waals surface area contributed by atoms with Crippen LogP contribution in [0.1, 0.15) is 21.7 Å². The summed E-state index contributed by atoms with van der Waals surface area (Å²) in [6, 6.07) is 14.1. The third-order valence-electron chi connectivity index (χ3n) is 4.50. The van der Waals surface area contributed by atoms with Gasteiger partial charge in [-0.3, -0.25) is 4.79 Å². The average Bonchev–Trinajstić information content (AvgIpc) is 3.31. The van der Waals surface area contributed by atoms with E-state index in [2.05, 4.69) is 4.72 Å². The number of furan rings is 1. The molecule has 8 nitrogen and oxygen atoms in total. The van der Waals surface area contributed by atoms with E-state index in [1.807, 2.05) is 0 Å². The van der Waals surface area contributed by atoms with Gasteiger partial charge in [0, 0.05) is 13.6 Å². The second-order valence-corrected chi connectivity index (χ2v) is 8.65. The number of carbonyl (C=O) groups is 2. The summed E-state index contributed by atoms with van der Waals surface area (Å²) in [6.07, 6.45) is 1.44. The Hall–Kier alpha value is -3.50. The zero-order valence-electron chi connectivity index (χ0n) is 17.2. The highest BCUT2D eigenvalue weighted by molar-refractivity contribution is 7.89. The average molecular weight is 460 g/mol. The first-order valence-electron chi connectivity index (χ1n) is 9.52. The maximum atomic E-state index is 13.0. The van der Waals surface area contributed by atoms with E-state index < -0.39 is 28.5 Å². The van der Waals surface area contributed by atoms with Crippen molar-refractivity contribution in [3.05, 3.63) is 89.6 Å². The predicted octanol–water partition coefficient (Wildman–Crippen LogP) is 2.71. The first-order chi connectivity index (χ1) is 15.2. The van der Waals surface area contributed by atoms with Gasteiger partial charge in [0.15, 0.2) is 6.61 Å². The van der Waals surface area contributed by atoms with E-state index in [-0.39, 0.29) is 29.4 Å². The molecule has 1 amide bonds. The zero-order valence-corrected chi connectivity index (χ0v) is 18.0. The van der Waals surface area contributed by atoms with Gasteiger partial charge in [0.05, 0.1) is 23.3 Å². The van der Waals surface area contributed by atoms with Crippen molar-refractivity contribution in [3.8, 4) is 0 Å². The van der Waals surface area contributed by atoms with E-state index in [4.69, 9.17) is 9.15 Å². The van der Waals surface area contributed by atoms with Crippen LogP contribution in [-0.2, 0) is 32.6 Å². The number of rotatable bonds is 9. The summed E-state index contributed by atoms with van der Waals surface area (Å²) in [4.78, 5) is 25.7. The number of carbonyl (C=O) groups excluding carboxylic acids is 2. The lowest BCUT2D eigenvalue weighted by molar-refractivity contribution is -0.133. The van der Waals surface area contributed by atoms with Crippen LogP contribution in [0.3, 0.4) is 0 Å². The molecule has 0 aliphatic rings. The van der Waals surface area contributed by atoms with Gasteiger partial charge in [-0.2, -0.15) is 0 Å². The summed E-state index contributed by atoms with van der Waals surface area (Å²) < 4.78 is 50.1. The molecule has 0 saturated heterocycles. The summed E-state index contributed by atoms with van der Waals surface area (Å²) in [5.41, 5.74) is 0.829. The number of sulfonamides is 1. The van der Waals surface area contributed by atoms with Crippen LogP contribution in [0.25, 0.3) is 0 Å². The van der Waals surface area contributed by atoms with E-state index in [9.17, 15) is 22.4 Å². The van der Waals surface area contributed by atoms with Gasteiger partial charge in [0.1, 0.15) is 11.6 Å². The van der Waals surface area contributed by atoms with Crippen molar-refractivity contribution in [1.29, 1.82) is 0 Å². The van der Waals surface area contributed by atoms with Gasteiger partial charge in [-0.25, -0.2) is 22.3 Å². The number of hydrogen-bond acceptors (Lipinski definition) is 6. The smallest absolute Gasteiger partial charge is 0.338 e. The van der Waals surface area contributed by atoms with Crippen molar-refractivity contribution >= 4 is 21.9 Å². The Balaban J connectivity index is 1.51. The molecule has 0 saturated carbocycles. The normalized spacial score (nSPS) is 11.2. The van der Waals surface area contributed by atoms with E-state index in [0.29, 0.717) is 5.76 Å². The van der Waals surface area contributed by atoms with Gasteiger partial charge >= 0.3 is 5.97 Å². The summed E-state index contributed by atoms with van der Waals surface area (Å²) in [6.45, 7) is -0.262. The lowest BCUT2D eigenvalue weighted by Crippen LogP contribution is -2.30. The van der Waals surface area contributed by atoms with Crippen molar-refractivity contribution in [1.82, 2.24) is 9.62 Å². The van der Waals surface area contributed by atoms with E-state index in [0.717, 1.165) is 5.56 Å². The van der Waals surface area contributed by atoms with Gasteiger partial charge in [-0.1, -0.05) is 12.1 Å². The molecule has 0 spiro atoms. The number of halogens is 1. The van der Waals surface area contributed by atoms with Crippen molar-refractivity contribution in [2.75, 3.05) is 13.7 Å². The summed E-state index contributed by atoms with van der Waals surface area (Å²) in [7, 11) is -2.26. The minimum atomic E-state index is -3.79. The SMILES string of the molecule is CN(Cc1ccc(F)cc1)C(=O)COC(=O)c1ccc(S(=O)(=O)NCc2ccco2)cc1. The largest absolute Gasteiger partial charge is 0.468 e. The van der Waals surface area contributed by atoms with Gasteiger partial charge in [-0.05, 0) is 54.1 Å². The number of nitrogens with one attached hydrogen (secondary N) is 1. The minimum absolute atomic E-state index is 0.00726. The van der Waals surface area contributed by atoms with Crippen LogP contribution in [0.2, 0.25) is 0 Å². The summed E-state index contributed by atoms with van der Waals surface area (Å²) >= 11 is 0. The number of hydrogen-bond donors (Lipinski definition) is 1. The van der Waals surface area contributed by atoms with Gasteiger partial charge in [0.2, 0.25) is 10.0 Å². The molecule has 0 bridgehead atoms. The highest BCUT2D eigenvalue weighted by atomic mass is 32.2. The van der Waals surface area contributed by atoms with Crippen molar-refractivity contribution in [3.63, 3.8) is 0 Å². The van der Waals surface area contributed by atoms with Crippen LogP contribution in [0.5, 0.6) is 0 Å². The number of ether oxygens (including phenoxy) is 1. The molecule has 2 aromatic carbocycles. The lowest BCUT2D eigenvalue weighted by Gasteiger charge is -2.17. The third kappa shape index (κ3) is 6.25. The molecular weight excluding hydrogens is 439 g/mol. The minimum Gasteiger partial charge on any atom is -0.468 e. The molecule has 0 aliphatic carbocycles. The Kier molecular flexibility index (Phi) is 7.39. The van der Waals surface area contributed by atoms with Crippen LogP contribution in [0, 0.1) is 5.82 Å². The zero-order chi connectivity index (χ0) is 23.1. The van der Waals surface area contributed by atoms with Crippen LogP contribution < -0.4 is 4.72 Å². The van der Waals surface area contributed by atoms with Crippen LogP contribution >= 0.6 is 0 Å². The van der Waals surface area contributed by atoms with Gasteiger partial charge in [-0.15, -0.1) is 0 Å². The molecule has 32 heavy (non-hydrogen) atoms. The Labute approximate surface area is 184 Å². The summed E-state index contributed by atoms with van der Waals surface area (Å²) in [5, 5.41) is 0.